The maximum Gasteiger partial charge on any atom is 0.226 e. The lowest BCUT2D eigenvalue weighted by Crippen LogP contribution is -2.47. The van der Waals surface area contributed by atoms with Gasteiger partial charge in [-0.2, -0.15) is 0 Å². The molecule has 0 heterocycles. The number of rotatable bonds is 9. The van der Waals surface area contributed by atoms with Crippen molar-refractivity contribution in [3.05, 3.63) is 0 Å². The molecule has 0 bridgehead atoms. The molecule has 1 atom stereocenters. The molecule has 0 saturated heterocycles. The van der Waals surface area contributed by atoms with Gasteiger partial charge in [-0.3, -0.25) is 4.79 Å². The van der Waals surface area contributed by atoms with Gasteiger partial charge in [0, 0.05) is 26.3 Å². The second-order valence-electron chi connectivity index (χ2n) is 5.78. The van der Waals surface area contributed by atoms with Gasteiger partial charge in [-0.1, -0.05) is 32.6 Å². The van der Waals surface area contributed by atoms with Crippen LogP contribution < -0.4 is 11.1 Å². The summed E-state index contributed by atoms with van der Waals surface area (Å²) in [5.74, 6) is 0.202. The predicted octanol–water partition coefficient (Wildman–Crippen LogP) is 2.64. The predicted molar refractivity (Wildman–Crippen MR) is 85.2 cm³/mol. The van der Waals surface area contributed by atoms with Crippen LogP contribution in [-0.2, 0) is 9.53 Å². The molecule has 1 rings (SSSR count). The summed E-state index contributed by atoms with van der Waals surface area (Å²) >= 11 is 0. The molecule has 0 aliphatic heterocycles. The highest BCUT2D eigenvalue weighted by atomic mass is 35.5. The van der Waals surface area contributed by atoms with E-state index in [1.807, 2.05) is 0 Å². The Hall–Kier alpha value is -0.320. The molecule has 1 aliphatic carbocycles. The van der Waals surface area contributed by atoms with E-state index in [4.69, 9.17) is 10.5 Å². The molecule has 4 nitrogen and oxygen atoms in total. The number of methoxy groups -OCH3 is 1. The lowest BCUT2D eigenvalue weighted by atomic mass is 9.81. The molecule has 1 saturated carbocycles. The summed E-state index contributed by atoms with van der Waals surface area (Å²) in [6, 6.07) is 0.132. The minimum Gasteiger partial charge on any atom is -0.385 e. The van der Waals surface area contributed by atoms with Crippen LogP contribution in [0.25, 0.3) is 0 Å². The fraction of sp³-hybridized carbons (Fsp3) is 0.933. The Balaban J connectivity index is 0.00000361. The highest BCUT2D eigenvalue weighted by Crippen LogP contribution is 2.41. The average Bonchev–Trinajstić information content (AvgIpc) is 2.91. The van der Waals surface area contributed by atoms with Crippen molar-refractivity contribution in [2.75, 3.05) is 20.3 Å². The first-order valence-corrected chi connectivity index (χ1v) is 7.68. The first kappa shape index (κ1) is 19.7. The Morgan fingerprint density at radius 2 is 2.05 bits per heavy atom. The summed E-state index contributed by atoms with van der Waals surface area (Å²) in [5, 5.41) is 3.17. The Kier molecular flexibility index (Phi) is 10.2. The van der Waals surface area contributed by atoms with E-state index < -0.39 is 0 Å². The van der Waals surface area contributed by atoms with E-state index in [0.717, 1.165) is 51.4 Å². The summed E-state index contributed by atoms with van der Waals surface area (Å²) < 4.78 is 5.17. The van der Waals surface area contributed by atoms with E-state index >= 15 is 0 Å². The highest BCUT2D eigenvalue weighted by molar-refractivity contribution is 5.85. The minimum atomic E-state index is -0.199. The lowest BCUT2D eigenvalue weighted by molar-refractivity contribution is -0.132. The van der Waals surface area contributed by atoms with Crippen molar-refractivity contribution < 1.29 is 9.53 Å². The van der Waals surface area contributed by atoms with Gasteiger partial charge >= 0.3 is 0 Å². The Morgan fingerprint density at radius 3 is 2.55 bits per heavy atom. The maximum atomic E-state index is 12.6. The van der Waals surface area contributed by atoms with E-state index in [0.29, 0.717) is 13.2 Å². The number of carbonyl (C=O) groups is 1. The van der Waals surface area contributed by atoms with Gasteiger partial charge < -0.3 is 15.8 Å². The van der Waals surface area contributed by atoms with Crippen LogP contribution in [0.1, 0.15) is 58.3 Å². The third-order valence-corrected chi connectivity index (χ3v) is 4.35. The summed E-state index contributed by atoms with van der Waals surface area (Å²) in [6.45, 7) is 3.36. The highest BCUT2D eigenvalue weighted by Gasteiger charge is 2.41. The van der Waals surface area contributed by atoms with Gasteiger partial charge in [0.25, 0.3) is 0 Å². The van der Waals surface area contributed by atoms with Crippen LogP contribution in [-0.4, -0.2) is 32.2 Å². The number of nitrogens with two attached hydrogens (primary N) is 1. The van der Waals surface area contributed by atoms with Crippen LogP contribution in [0.5, 0.6) is 0 Å². The van der Waals surface area contributed by atoms with E-state index in [2.05, 4.69) is 12.2 Å². The number of hydrogen-bond acceptors (Lipinski definition) is 3. The molecular weight excluding hydrogens is 276 g/mol. The van der Waals surface area contributed by atoms with Crippen molar-refractivity contribution in [1.82, 2.24) is 5.32 Å². The quantitative estimate of drug-likeness (QED) is 0.688. The van der Waals surface area contributed by atoms with Gasteiger partial charge in [0.1, 0.15) is 0 Å². The second-order valence-corrected chi connectivity index (χ2v) is 5.78. The summed E-state index contributed by atoms with van der Waals surface area (Å²) in [6.07, 6.45) is 8.37. The SMILES string of the molecule is CCCCC(CN)NC(=O)C1(CCOC)CCCC1.Cl. The van der Waals surface area contributed by atoms with Crippen LogP contribution >= 0.6 is 12.4 Å². The second kappa shape index (κ2) is 10.4. The zero-order valence-corrected chi connectivity index (χ0v) is 13.8. The zero-order valence-electron chi connectivity index (χ0n) is 13.0. The van der Waals surface area contributed by atoms with Crippen LogP contribution in [0.2, 0.25) is 0 Å². The fourth-order valence-corrected chi connectivity index (χ4v) is 2.98. The smallest absolute Gasteiger partial charge is 0.226 e. The van der Waals surface area contributed by atoms with Gasteiger partial charge in [-0.15, -0.1) is 12.4 Å². The first-order valence-electron chi connectivity index (χ1n) is 7.68. The molecule has 1 unspecified atom stereocenters. The van der Waals surface area contributed by atoms with Crippen molar-refractivity contribution in [3.8, 4) is 0 Å². The first-order chi connectivity index (χ1) is 9.18. The molecule has 120 valence electrons. The van der Waals surface area contributed by atoms with Gasteiger partial charge in [-0.05, 0) is 25.7 Å². The molecule has 1 aliphatic rings. The summed E-state index contributed by atoms with van der Waals surface area (Å²) in [7, 11) is 1.70. The Bertz CT molecular complexity index is 269. The van der Waals surface area contributed by atoms with Crippen LogP contribution in [0.15, 0.2) is 0 Å². The summed E-state index contributed by atoms with van der Waals surface area (Å²) in [4.78, 5) is 12.6. The monoisotopic (exact) mass is 306 g/mol. The number of carbonyl (C=O) groups excluding carboxylic acids is 1. The van der Waals surface area contributed by atoms with E-state index in [1.165, 1.54) is 0 Å². The third kappa shape index (κ3) is 5.58. The number of hydrogen-bond donors (Lipinski definition) is 2. The van der Waals surface area contributed by atoms with Gasteiger partial charge in [0.05, 0.1) is 5.41 Å². The van der Waals surface area contributed by atoms with Crippen molar-refractivity contribution in [2.45, 2.75) is 64.3 Å². The van der Waals surface area contributed by atoms with E-state index in [9.17, 15) is 4.79 Å². The molecule has 0 spiro atoms. The summed E-state index contributed by atoms with van der Waals surface area (Å²) in [5.41, 5.74) is 5.57. The molecule has 0 aromatic carbocycles. The van der Waals surface area contributed by atoms with Crippen LogP contribution in [0.3, 0.4) is 0 Å². The molecular formula is C15H31ClN2O2. The topological polar surface area (TPSA) is 64.3 Å². The lowest BCUT2D eigenvalue weighted by Gasteiger charge is -2.30. The van der Waals surface area contributed by atoms with Crippen molar-refractivity contribution in [2.24, 2.45) is 11.1 Å². The van der Waals surface area contributed by atoms with E-state index in [-0.39, 0.29) is 29.8 Å². The Labute approximate surface area is 129 Å². The number of nitrogens with one attached hydrogen (secondary N) is 1. The fourth-order valence-electron chi connectivity index (χ4n) is 2.98. The molecule has 1 fully saturated rings. The molecule has 0 radical (unpaired) electrons. The van der Waals surface area contributed by atoms with Crippen molar-refractivity contribution >= 4 is 18.3 Å². The zero-order chi connectivity index (χ0) is 14.1. The Morgan fingerprint density at radius 1 is 1.40 bits per heavy atom. The number of amides is 1. The average molecular weight is 307 g/mol. The van der Waals surface area contributed by atoms with Crippen molar-refractivity contribution in [1.29, 1.82) is 0 Å². The number of ether oxygens (including phenoxy) is 1. The third-order valence-electron chi connectivity index (χ3n) is 4.35. The number of unbranched alkanes of at least 4 members (excludes halogenated alkanes) is 1. The molecule has 1 amide bonds. The van der Waals surface area contributed by atoms with Gasteiger partial charge in [-0.25, -0.2) is 0 Å². The number of halogens is 1. The molecule has 20 heavy (non-hydrogen) atoms. The van der Waals surface area contributed by atoms with Crippen LogP contribution in [0.4, 0.5) is 0 Å². The minimum absolute atomic E-state index is 0. The largest absolute Gasteiger partial charge is 0.385 e. The standard InChI is InChI=1S/C15H30N2O2.ClH/c1-3-4-7-13(12-16)17-14(18)15(10-11-19-2)8-5-6-9-15;/h13H,3-12,16H2,1-2H3,(H,17,18);1H. The van der Waals surface area contributed by atoms with Crippen molar-refractivity contribution in [3.63, 3.8) is 0 Å². The van der Waals surface area contributed by atoms with Gasteiger partial charge in [0.2, 0.25) is 5.91 Å². The molecule has 3 N–H and O–H groups in total. The molecule has 0 aromatic rings. The van der Waals surface area contributed by atoms with Gasteiger partial charge in [0.15, 0.2) is 0 Å². The maximum absolute atomic E-state index is 12.6. The molecule has 5 heteroatoms. The molecule has 0 aromatic heterocycles. The normalized spacial score (nSPS) is 18.4. The van der Waals surface area contributed by atoms with E-state index in [1.54, 1.807) is 7.11 Å². The van der Waals surface area contributed by atoms with Crippen LogP contribution in [0, 0.1) is 5.41 Å².